The number of rotatable bonds is 18. The molecule has 0 saturated heterocycles. The van der Waals surface area contributed by atoms with Crippen molar-refractivity contribution < 1.29 is 18.9 Å². The van der Waals surface area contributed by atoms with Crippen molar-refractivity contribution in [2.45, 2.75) is 96.7 Å². The Labute approximate surface area is 227 Å². The predicted molar refractivity (Wildman–Crippen MR) is 155 cm³/mol. The van der Waals surface area contributed by atoms with Crippen LogP contribution in [0.5, 0.6) is 0 Å². The largest absolute Gasteiger partial charge is 0.381 e. The van der Waals surface area contributed by atoms with Crippen molar-refractivity contribution in [1.82, 2.24) is 0 Å². The van der Waals surface area contributed by atoms with E-state index in [2.05, 4.69) is 45.2 Å². The van der Waals surface area contributed by atoms with Gasteiger partial charge in [-0.3, -0.25) is 0 Å². The van der Waals surface area contributed by atoms with E-state index in [0.717, 1.165) is 77.6 Å². The molecule has 1 aromatic carbocycles. The molecule has 0 heterocycles. The molecule has 37 heavy (non-hydrogen) atoms. The molecular formula is C33H54O4. The van der Waals surface area contributed by atoms with Crippen molar-refractivity contribution in [3.63, 3.8) is 0 Å². The predicted octanol–water partition coefficient (Wildman–Crippen LogP) is 7.53. The zero-order valence-electron chi connectivity index (χ0n) is 24.1. The zero-order chi connectivity index (χ0) is 26.7. The van der Waals surface area contributed by atoms with Crippen molar-refractivity contribution in [2.75, 3.05) is 40.1 Å². The first-order valence-corrected chi connectivity index (χ1v) is 14.8. The summed E-state index contributed by atoms with van der Waals surface area (Å²) in [5.74, 6) is 1.27. The zero-order valence-corrected chi connectivity index (χ0v) is 24.1. The summed E-state index contributed by atoms with van der Waals surface area (Å²) in [7, 11) is 1.88. The SMILES string of the molecule is C=CCOCCCc1ccc(CC)cc1CCOC1CCC(CCOCC=C)CC(OC)CC(CC)C1. The van der Waals surface area contributed by atoms with E-state index >= 15 is 0 Å². The highest BCUT2D eigenvalue weighted by molar-refractivity contribution is 5.32. The van der Waals surface area contributed by atoms with Gasteiger partial charge >= 0.3 is 0 Å². The number of ether oxygens (including phenoxy) is 4. The van der Waals surface area contributed by atoms with Gasteiger partial charge in [0.15, 0.2) is 0 Å². The third-order valence-corrected chi connectivity index (χ3v) is 7.88. The van der Waals surface area contributed by atoms with Gasteiger partial charge in [-0.05, 0) is 92.7 Å². The molecule has 0 aliphatic heterocycles. The molecule has 0 bridgehead atoms. The molecule has 4 nitrogen and oxygen atoms in total. The second kappa shape index (κ2) is 19.6. The Kier molecular flexibility index (Phi) is 16.8. The van der Waals surface area contributed by atoms with Crippen LogP contribution in [0.15, 0.2) is 43.5 Å². The molecule has 1 saturated carbocycles. The van der Waals surface area contributed by atoms with Crippen LogP contribution >= 0.6 is 0 Å². The summed E-state index contributed by atoms with van der Waals surface area (Å²) in [6.07, 6.45) is 16.4. The van der Waals surface area contributed by atoms with Gasteiger partial charge < -0.3 is 18.9 Å². The quantitative estimate of drug-likeness (QED) is 0.150. The fourth-order valence-corrected chi connectivity index (χ4v) is 5.56. The molecule has 1 aliphatic carbocycles. The van der Waals surface area contributed by atoms with Crippen LogP contribution in [0.2, 0.25) is 0 Å². The van der Waals surface area contributed by atoms with Crippen molar-refractivity contribution >= 4 is 0 Å². The van der Waals surface area contributed by atoms with Crippen molar-refractivity contribution in [1.29, 1.82) is 0 Å². The molecule has 4 atom stereocenters. The molecule has 210 valence electrons. The topological polar surface area (TPSA) is 36.9 Å². The molecule has 1 aromatic rings. The minimum Gasteiger partial charge on any atom is -0.381 e. The van der Waals surface area contributed by atoms with Crippen LogP contribution < -0.4 is 0 Å². The molecule has 0 radical (unpaired) electrons. The minimum absolute atomic E-state index is 0.322. The molecule has 1 aliphatic rings. The highest BCUT2D eigenvalue weighted by Crippen LogP contribution is 2.31. The minimum atomic E-state index is 0.322. The van der Waals surface area contributed by atoms with Crippen molar-refractivity contribution in [2.24, 2.45) is 11.8 Å². The monoisotopic (exact) mass is 514 g/mol. The lowest BCUT2D eigenvalue weighted by atomic mass is 9.90. The van der Waals surface area contributed by atoms with Crippen LogP contribution in [0.4, 0.5) is 0 Å². The van der Waals surface area contributed by atoms with E-state index in [0.29, 0.717) is 37.3 Å². The van der Waals surface area contributed by atoms with Gasteiger partial charge in [-0.15, -0.1) is 13.2 Å². The molecule has 0 aromatic heterocycles. The van der Waals surface area contributed by atoms with Gasteiger partial charge in [-0.2, -0.15) is 0 Å². The van der Waals surface area contributed by atoms with E-state index in [9.17, 15) is 0 Å². The van der Waals surface area contributed by atoms with Crippen LogP contribution in [-0.4, -0.2) is 52.4 Å². The number of methoxy groups -OCH3 is 1. The third kappa shape index (κ3) is 12.8. The Bertz CT molecular complexity index is 746. The van der Waals surface area contributed by atoms with Gasteiger partial charge in [0.25, 0.3) is 0 Å². The second-order valence-corrected chi connectivity index (χ2v) is 10.6. The molecule has 2 rings (SSSR count). The number of hydrogen-bond donors (Lipinski definition) is 0. The molecule has 1 fully saturated rings. The molecule has 0 spiro atoms. The fourth-order valence-electron chi connectivity index (χ4n) is 5.56. The maximum Gasteiger partial charge on any atom is 0.0644 e. The summed E-state index contributed by atoms with van der Waals surface area (Å²) < 4.78 is 23.9. The van der Waals surface area contributed by atoms with Crippen LogP contribution in [-0.2, 0) is 38.2 Å². The average Bonchev–Trinajstić information content (AvgIpc) is 3.00. The number of benzene rings is 1. The molecule has 0 amide bonds. The standard InChI is InChI=1S/C33H54O4/c1-6-18-35-20-10-11-30-14-12-27(8-3)23-31(30)17-22-37-32-15-13-29(16-21-36-19-7-2)26-33(34-5)25-28(9-4)24-32/h6-7,12,14,23,28-29,32-33H,1-2,8-11,13,15-22,24-26H2,3-5H3. The first kappa shape index (κ1) is 31.8. The van der Waals surface area contributed by atoms with E-state index < -0.39 is 0 Å². The third-order valence-electron chi connectivity index (χ3n) is 7.88. The summed E-state index contributed by atoms with van der Waals surface area (Å²) in [6, 6.07) is 6.99. The Morgan fingerprint density at radius 2 is 1.57 bits per heavy atom. The summed E-state index contributed by atoms with van der Waals surface area (Å²) in [5, 5.41) is 0. The highest BCUT2D eigenvalue weighted by Gasteiger charge is 2.26. The average molecular weight is 515 g/mol. The maximum absolute atomic E-state index is 6.64. The molecular weight excluding hydrogens is 460 g/mol. The van der Waals surface area contributed by atoms with Gasteiger partial charge in [0.05, 0.1) is 32.0 Å². The maximum atomic E-state index is 6.64. The van der Waals surface area contributed by atoms with Crippen molar-refractivity contribution in [3.05, 3.63) is 60.2 Å². The summed E-state index contributed by atoms with van der Waals surface area (Å²) in [4.78, 5) is 0. The molecule has 0 N–H and O–H groups in total. The highest BCUT2D eigenvalue weighted by atomic mass is 16.5. The normalized spacial score (nSPS) is 22.7. The van der Waals surface area contributed by atoms with Crippen LogP contribution in [0.25, 0.3) is 0 Å². The Morgan fingerprint density at radius 1 is 0.838 bits per heavy atom. The summed E-state index contributed by atoms with van der Waals surface area (Å²) in [6.45, 7) is 15.6. The van der Waals surface area contributed by atoms with E-state index in [1.807, 2.05) is 19.3 Å². The number of hydrogen-bond acceptors (Lipinski definition) is 4. The summed E-state index contributed by atoms with van der Waals surface area (Å²) >= 11 is 0. The lowest BCUT2D eigenvalue weighted by Crippen LogP contribution is -2.21. The summed E-state index contributed by atoms with van der Waals surface area (Å²) in [5.41, 5.74) is 4.28. The second-order valence-electron chi connectivity index (χ2n) is 10.6. The lowest BCUT2D eigenvalue weighted by Gasteiger charge is -2.24. The lowest BCUT2D eigenvalue weighted by molar-refractivity contribution is 0.0239. The van der Waals surface area contributed by atoms with Crippen LogP contribution in [0, 0.1) is 11.8 Å². The first-order chi connectivity index (χ1) is 18.1. The fraction of sp³-hybridized carbons (Fsp3) is 0.697. The van der Waals surface area contributed by atoms with E-state index in [4.69, 9.17) is 18.9 Å². The van der Waals surface area contributed by atoms with Gasteiger partial charge in [0, 0.05) is 20.3 Å². The molecule has 4 unspecified atom stereocenters. The van der Waals surface area contributed by atoms with Gasteiger partial charge in [-0.25, -0.2) is 0 Å². The van der Waals surface area contributed by atoms with Crippen molar-refractivity contribution in [3.8, 4) is 0 Å². The molecule has 4 heteroatoms. The Balaban J connectivity index is 1.97. The smallest absolute Gasteiger partial charge is 0.0644 e. The Morgan fingerprint density at radius 3 is 2.27 bits per heavy atom. The van der Waals surface area contributed by atoms with E-state index in [1.165, 1.54) is 29.5 Å². The Hall–Kier alpha value is -1.46. The van der Waals surface area contributed by atoms with Gasteiger partial charge in [0.1, 0.15) is 0 Å². The van der Waals surface area contributed by atoms with Crippen LogP contribution in [0.1, 0.15) is 81.9 Å². The first-order valence-electron chi connectivity index (χ1n) is 14.8. The van der Waals surface area contributed by atoms with E-state index in [1.54, 1.807) is 0 Å². The number of aryl methyl sites for hydroxylation is 2. The van der Waals surface area contributed by atoms with Gasteiger partial charge in [-0.1, -0.05) is 50.6 Å². The van der Waals surface area contributed by atoms with Gasteiger partial charge in [0.2, 0.25) is 0 Å². The van der Waals surface area contributed by atoms with Crippen LogP contribution in [0.3, 0.4) is 0 Å². The van der Waals surface area contributed by atoms with E-state index in [-0.39, 0.29) is 0 Å².